The van der Waals surface area contributed by atoms with E-state index in [-0.39, 0.29) is 30.6 Å². The number of pyridine rings is 1. The highest BCUT2D eigenvalue weighted by atomic mass is 35.5. The summed E-state index contributed by atoms with van der Waals surface area (Å²) in [6.45, 7) is 5.52. The van der Waals surface area contributed by atoms with E-state index in [4.69, 9.17) is 16.3 Å². The van der Waals surface area contributed by atoms with Gasteiger partial charge in [0.25, 0.3) is 0 Å². The molecule has 1 saturated carbocycles. The smallest absolute Gasteiger partial charge is 0.325 e. The average molecular weight is 471 g/mol. The molecule has 1 aliphatic heterocycles. The van der Waals surface area contributed by atoms with Crippen molar-refractivity contribution >= 4 is 29.2 Å². The van der Waals surface area contributed by atoms with E-state index in [0.717, 1.165) is 31.4 Å². The number of amides is 3. The SMILES string of the molecule is CC(C)c1ccc(N2CCN(CC(=O)NC3CCC(Oc4ccc(Cl)cn4)CC3)C2=O)cc1. The molecule has 1 N–H and O–H groups in total. The molecule has 1 saturated heterocycles. The standard InChI is InChI=1S/C25H31ClN4O3/c1-17(2)18-3-8-21(9-4-18)30-14-13-29(25(30)32)16-23(31)28-20-6-10-22(11-7-20)33-24-12-5-19(26)15-27-24/h3-5,8-9,12,15,17,20,22H,6-7,10-11,13-14,16H2,1-2H3,(H,28,31). The molecule has 2 aromatic rings. The number of hydrogen-bond acceptors (Lipinski definition) is 4. The summed E-state index contributed by atoms with van der Waals surface area (Å²) in [5.74, 6) is 0.913. The fourth-order valence-corrected chi connectivity index (χ4v) is 4.49. The van der Waals surface area contributed by atoms with Gasteiger partial charge in [-0.1, -0.05) is 37.6 Å². The number of hydrogen-bond donors (Lipinski definition) is 1. The number of nitrogens with zero attached hydrogens (tertiary/aromatic N) is 3. The third kappa shape index (κ3) is 5.96. The quantitative estimate of drug-likeness (QED) is 0.641. The van der Waals surface area contributed by atoms with E-state index in [1.807, 2.05) is 12.1 Å². The first-order valence-electron chi connectivity index (χ1n) is 11.6. The van der Waals surface area contributed by atoms with Gasteiger partial charge in [0.2, 0.25) is 11.8 Å². The Morgan fingerprint density at radius 3 is 2.48 bits per heavy atom. The van der Waals surface area contributed by atoms with Crippen molar-refractivity contribution in [2.75, 3.05) is 24.5 Å². The minimum Gasteiger partial charge on any atom is -0.474 e. The minimum absolute atomic E-state index is 0.0858. The number of rotatable bonds is 7. The monoisotopic (exact) mass is 470 g/mol. The van der Waals surface area contributed by atoms with Gasteiger partial charge in [-0.15, -0.1) is 0 Å². The van der Waals surface area contributed by atoms with Crippen LogP contribution >= 0.6 is 11.6 Å². The lowest BCUT2D eigenvalue weighted by Gasteiger charge is -2.29. The summed E-state index contributed by atoms with van der Waals surface area (Å²) in [5, 5.41) is 3.67. The maximum atomic E-state index is 12.8. The topological polar surface area (TPSA) is 74.8 Å². The molecule has 2 heterocycles. The Morgan fingerprint density at radius 1 is 1.12 bits per heavy atom. The Labute approximate surface area is 200 Å². The van der Waals surface area contributed by atoms with Crippen molar-refractivity contribution in [1.29, 1.82) is 0 Å². The van der Waals surface area contributed by atoms with Gasteiger partial charge in [0.15, 0.2) is 0 Å². The molecular weight excluding hydrogens is 440 g/mol. The molecule has 4 rings (SSSR count). The Kier molecular flexibility index (Phi) is 7.38. The fraction of sp³-hybridized carbons (Fsp3) is 0.480. The number of carbonyl (C=O) groups is 2. The van der Waals surface area contributed by atoms with Crippen molar-refractivity contribution in [1.82, 2.24) is 15.2 Å². The highest BCUT2D eigenvalue weighted by Gasteiger charge is 2.32. The lowest BCUT2D eigenvalue weighted by molar-refractivity contribution is -0.122. The van der Waals surface area contributed by atoms with Gasteiger partial charge < -0.3 is 15.0 Å². The summed E-state index contributed by atoms with van der Waals surface area (Å²) in [4.78, 5) is 33.0. The number of halogens is 1. The summed E-state index contributed by atoms with van der Waals surface area (Å²) in [6.07, 6.45) is 5.03. The third-order valence-electron chi connectivity index (χ3n) is 6.33. The number of anilines is 1. The van der Waals surface area contributed by atoms with Crippen LogP contribution in [0.5, 0.6) is 5.88 Å². The van der Waals surface area contributed by atoms with Gasteiger partial charge in [-0.3, -0.25) is 9.69 Å². The summed E-state index contributed by atoms with van der Waals surface area (Å²) in [7, 11) is 0. The van der Waals surface area contributed by atoms with Gasteiger partial charge in [-0.25, -0.2) is 9.78 Å². The lowest BCUT2D eigenvalue weighted by Crippen LogP contribution is -2.45. The highest BCUT2D eigenvalue weighted by Crippen LogP contribution is 2.25. The second kappa shape index (κ2) is 10.4. The van der Waals surface area contributed by atoms with Crippen molar-refractivity contribution in [3.05, 3.63) is 53.2 Å². The Balaban J connectivity index is 1.21. The van der Waals surface area contributed by atoms with Crippen LogP contribution in [-0.4, -0.2) is 53.6 Å². The van der Waals surface area contributed by atoms with Crippen LogP contribution < -0.4 is 15.0 Å². The molecule has 2 fully saturated rings. The van der Waals surface area contributed by atoms with E-state index in [1.54, 1.807) is 28.1 Å². The predicted octanol–water partition coefficient (Wildman–Crippen LogP) is 4.61. The van der Waals surface area contributed by atoms with Crippen molar-refractivity contribution in [3.63, 3.8) is 0 Å². The van der Waals surface area contributed by atoms with Gasteiger partial charge in [-0.2, -0.15) is 0 Å². The van der Waals surface area contributed by atoms with Crippen LogP contribution in [0.25, 0.3) is 0 Å². The number of aromatic nitrogens is 1. The van der Waals surface area contributed by atoms with Gasteiger partial charge in [0, 0.05) is 37.1 Å². The largest absolute Gasteiger partial charge is 0.474 e. The molecule has 1 aliphatic carbocycles. The maximum Gasteiger partial charge on any atom is 0.325 e. The molecular formula is C25H31ClN4O3. The third-order valence-corrected chi connectivity index (χ3v) is 6.55. The molecule has 3 amide bonds. The average Bonchev–Trinajstić information content (AvgIpc) is 3.16. The van der Waals surface area contributed by atoms with E-state index >= 15 is 0 Å². The zero-order chi connectivity index (χ0) is 23.4. The van der Waals surface area contributed by atoms with Crippen LogP contribution in [0.4, 0.5) is 10.5 Å². The first-order chi connectivity index (χ1) is 15.9. The molecule has 0 spiro atoms. The van der Waals surface area contributed by atoms with Gasteiger partial charge in [-0.05, 0) is 55.4 Å². The number of nitrogens with one attached hydrogen (secondary N) is 1. The lowest BCUT2D eigenvalue weighted by atomic mass is 9.93. The molecule has 1 aromatic heterocycles. The summed E-state index contributed by atoms with van der Waals surface area (Å²) in [5.41, 5.74) is 2.12. The molecule has 1 aromatic carbocycles. The fourth-order valence-electron chi connectivity index (χ4n) is 4.38. The minimum atomic E-state index is -0.116. The van der Waals surface area contributed by atoms with Crippen molar-refractivity contribution in [2.24, 2.45) is 0 Å². The molecule has 7 nitrogen and oxygen atoms in total. The van der Waals surface area contributed by atoms with Crippen LogP contribution in [0.2, 0.25) is 5.02 Å². The van der Waals surface area contributed by atoms with Crippen molar-refractivity contribution in [2.45, 2.75) is 57.6 Å². The van der Waals surface area contributed by atoms with Crippen molar-refractivity contribution in [3.8, 4) is 5.88 Å². The molecule has 0 bridgehead atoms. The Morgan fingerprint density at radius 2 is 1.85 bits per heavy atom. The van der Waals surface area contributed by atoms with Gasteiger partial charge in [0.1, 0.15) is 12.6 Å². The summed E-state index contributed by atoms with van der Waals surface area (Å²) >= 11 is 5.86. The Hall–Kier alpha value is -2.80. The predicted molar refractivity (Wildman–Crippen MR) is 129 cm³/mol. The van der Waals surface area contributed by atoms with Gasteiger partial charge >= 0.3 is 6.03 Å². The van der Waals surface area contributed by atoms with Crippen molar-refractivity contribution < 1.29 is 14.3 Å². The zero-order valence-corrected chi connectivity index (χ0v) is 19.9. The van der Waals surface area contributed by atoms with E-state index < -0.39 is 0 Å². The normalized spacial score (nSPS) is 20.9. The number of benzene rings is 1. The maximum absolute atomic E-state index is 12.8. The van der Waals surface area contributed by atoms with E-state index in [1.165, 1.54) is 5.56 Å². The summed E-state index contributed by atoms with van der Waals surface area (Å²) < 4.78 is 5.92. The molecule has 2 aliphatic rings. The molecule has 176 valence electrons. The first kappa shape index (κ1) is 23.4. The highest BCUT2D eigenvalue weighted by molar-refractivity contribution is 6.30. The summed E-state index contributed by atoms with van der Waals surface area (Å²) in [6, 6.07) is 11.6. The van der Waals surface area contributed by atoms with E-state index in [9.17, 15) is 9.59 Å². The number of ether oxygens (including phenoxy) is 1. The van der Waals surface area contributed by atoms with Crippen LogP contribution in [0.15, 0.2) is 42.6 Å². The molecule has 0 atom stereocenters. The van der Waals surface area contributed by atoms with Crippen LogP contribution in [-0.2, 0) is 4.79 Å². The van der Waals surface area contributed by atoms with Crippen LogP contribution in [0, 0.1) is 0 Å². The molecule has 8 heteroatoms. The van der Waals surface area contributed by atoms with E-state index in [2.05, 4.69) is 36.3 Å². The second-order valence-electron chi connectivity index (χ2n) is 9.08. The molecule has 0 unspecified atom stereocenters. The van der Waals surface area contributed by atoms with Gasteiger partial charge in [0.05, 0.1) is 5.02 Å². The Bertz CT molecular complexity index is 957. The van der Waals surface area contributed by atoms with Crippen LogP contribution in [0.3, 0.4) is 0 Å². The second-order valence-corrected chi connectivity index (χ2v) is 9.51. The molecule has 33 heavy (non-hydrogen) atoms. The zero-order valence-electron chi connectivity index (χ0n) is 19.2. The molecule has 0 radical (unpaired) electrons. The van der Waals surface area contributed by atoms with E-state index in [0.29, 0.717) is 29.9 Å². The number of carbonyl (C=O) groups excluding carboxylic acids is 2. The first-order valence-corrected chi connectivity index (χ1v) is 12.0. The number of urea groups is 1. The van der Waals surface area contributed by atoms with Crippen LogP contribution in [0.1, 0.15) is 51.0 Å².